The van der Waals surface area contributed by atoms with Gasteiger partial charge in [-0.15, -0.1) is 0 Å². The van der Waals surface area contributed by atoms with Crippen molar-refractivity contribution in [3.05, 3.63) is 41.1 Å². The van der Waals surface area contributed by atoms with Crippen molar-refractivity contribution in [2.75, 3.05) is 12.4 Å². The standard InChI is InChI=1S/C12H8ClF4N3O/c1-21-9-3-2-6(4-7(9)12(15,16)17)19-10-8(14)5-18-11(13)20-10/h2-5H,1H3,(H,18,19,20). The normalized spacial score (nSPS) is 11.3. The maximum absolute atomic E-state index is 13.4. The molecule has 1 N–H and O–H groups in total. The van der Waals surface area contributed by atoms with Crippen LogP contribution < -0.4 is 10.1 Å². The van der Waals surface area contributed by atoms with Gasteiger partial charge in [0.05, 0.1) is 18.9 Å². The first-order valence-electron chi connectivity index (χ1n) is 5.51. The highest BCUT2D eigenvalue weighted by Crippen LogP contribution is 2.38. The number of benzene rings is 1. The van der Waals surface area contributed by atoms with Gasteiger partial charge in [0, 0.05) is 5.69 Å². The molecule has 1 heterocycles. The third-order valence-electron chi connectivity index (χ3n) is 2.48. The molecule has 0 atom stereocenters. The summed E-state index contributed by atoms with van der Waals surface area (Å²) in [5.74, 6) is -1.51. The summed E-state index contributed by atoms with van der Waals surface area (Å²) < 4.78 is 56.7. The summed E-state index contributed by atoms with van der Waals surface area (Å²) in [6.45, 7) is 0. The second kappa shape index (κ2) is 5.72. The molecular formula is C12H8ClF4N3O. The van der Waals surface area contributed by atoms with Crippen LogP contribution in [0.4, 0.5) is 29.1 Å². The van der Waals surface area contributed by atoms with Gasteiger partial charge < -0.3 is 10.1 Å². The van der Waals surface area contributed by atoms with Crippen LogP contribution in [-0.2, 0) is 6.18 Å². The van der Waals surface area contributed by atoms with Gasteiger partial charge in [-0.2, -0.15) is 18.2 Å². The lowest BCUT2D eigenvalue weighted by Gasteiger charge is -2.14. The Kier molecular flexibility index (Phi) is 4.17. The minimum Gasteiger partial charge on any atom is -0.496 e. The van der Waals surface area contributed by atoms with Crippen LogP contribution in [-0.4, -0.2) is 17.1 Å². The number of hydrogen-bond acceptors (Lipinski definition) is 4. The number of rotatable bonds is 3. The number of ether oxygens (including phenoxy) is 1. The molecule has 0 radical (unpaired) electrons. The molecule has 21 heavy (non-hydrogen) atoms. The maximum Gasteiger partial charge on any atom is 0.420 e. The van der Waals surface area contributed by atoms with Crippen molar-refractivity contribution in [1.82, 2.24) is 9.97 Å². The summed E-state index contributed by atoms with van der Waals surface area (Å²) in [4.78, 5) is 6.96. The van der Waals surface area contributed by atoms with Crippen molar-refractivity contribution in [3.63, 3.8) is 0 Å². The van der Waals surface area contributed by atoms with E-state index in [9.17, 15) is 17.6 Å². The quantitative estimate of drug-likeness (QED) is 0.684. The van der Waals surface area contributed by atoms with Crippen LogP contribution in [0.1, 0.15) is 5.56 Å². The molecule has 1 aromatic carbocycles. The zero-order chi connectivity index (χ0) is 15.6. The van der Waals surface area contributed by atoms with Gasteiger partial charge in [-0.25, -0.2) is 9.37 Å². The van der Waals surface area contributed by atoms with Crippen molar-refractivity contribution < 1.29 is 22.3 Å². The van der Waals surface area contributed by atoms with Gasteiger partial charge in [-0.3, -0.25) is 0 Å². The number of hydrogen-bond donors (Lipinski definition) is 1. The summed E-state index contributed by atoms with van der Waals surface area (Å²) in [5, 5.41) is 2.18. The van der Waals surface area contributed by atoms with Crippen molar-refractivity contribution >= 4 is 23.1 Å². The lowest BCUT2D eigenvalue weighted by molar-refractivity contribution is -0.138. The predicted octanol–water partition coefficient (Wildman–Crippen LogP) is 4.04. The summed E-state index contributed by atoms with van der Waals surface area (Å²) in [5.41, 5.74) is -1.01. The highest BCUT2D eigenvalue weighted by molar-refractivity contribution is 6.28. The van der Waals surface area contributed by atoms with Crippen LogP contribution in [0.25, 0.3) is 0 Å². The fourth-order valence-electron chi connectivity index (χ4n) is 1.58. The Balaban J connectivity index is 2.39. The molecule has 0 saturated heterocycles. The van der Waals surface area contributed by atoms with Gasteiger partial charge in [-0.1, -0.05) is 0 Å². The van der Waals surface area contributed by atoms with Gasteiger partial charge in [0.1, 0.15) is 5.75 Å². The first kappa shape index (κ1) is 15.3. The maximum atomic E-state index is 13.4. The zero-order valence-corrected chi connectivity index (χ0v) is 11.3. The van der Waals surface area contributed by atoms with E-state index in [0.29, 0.717) is 0 Å². The van der Waals surface area contributed by atoms with E-state index in [-0.39, 0.29) is 22.5 Å². The Hall–Kier alpha value is -2.09. The van der Waals surface area contributed by atoms with E-state index in [1.807, 2.05) is 0 Å². The van der Waals surface area contributed by atoms with Gasteiger partial charge in [0.2, 0.25) is 5.28 Å². The molecule has 0 amide bonds. The van der Waals surface area contributed by atoms with Crippen LogP contribution in [0, 0.1) is 5.82 Å². The lowest BCUT2D eigenvalue weighted by atomic mass is 10.1. The molecule has 0 fully saturated rings. The van der Waals surface area contributed by atoms with Gasteiger partial charge >= 0.3 is 6.18 Å². The summed E-state index contributed by atoms with van der Waals surface area (Å²) >= 11 is 5.51. The minimum absolute atomic E-state index is 0.0169. The molecule has 0 bridgehead atoms. The molecule has 0 unspecified atom stereocenters. The Morgan fingerprint density at radius 2 is 2.00 bits per heavy atom. The van der Waals surface area contributed by atoms with Crippen molar-refractivity contribution in [1.29, 1.82) is 0 Å². The largest absolute Gasteiger partial charge is 0.496 e. The Labute approximate surface area is 121 Å². The molecule has 4 nitrogen and oxygen atoms in total. The van der Waals surface area contributed by atoms with Crippen LogP contribution in [0.3, 0.4) is 0 Å². The van der Waals surface area contributed by atoms with E-state index in [0.717, 1.165) is 25.4 Å². The van der Waals surface area contributed by atoms with E-state index >= 15 is 0 Å². The van der Waals surface area contributed by atoms with Crippen LogP contribution >= 0.6 is 11.6 Å². The zero-order valence-electron chi connectivity index (χ0n) is 10.5. The predicted molar refractivity (Wildman–Crippen MR) is 68.3 cm³/mol. The van der Waals surface area contributed by atoms with Crippen molar-refractivity contribution in [3.8, 4) is 5.75 Å². The molecule has 0 aliphatic rings. The average Bonchev–Trinajstić information content (AvgIpc) is 2.42. The number of nitrogens with one attached hydrogen (secondary N) is 1. The summed E-state index contributed by atoms with van der Waals surface area (Å²) in [6, 6.07) is 3.20. The molecule has 9 heteroatoms. The number of halogens is 5. The van der Waals surface area contributed by atoms with Crippen LogP contribution in [0.5, 0.6) is 5.75 Å². The van der Waals surface area contributed by atoms with E-state index in [1.54, 1.807) is 0 Å². The van der Waals surface area contributed by atoms with Crippen LogP contribution in [0.15, 0.2) is 24.4 Å². The average molecular weight is 322 g/mol. The van der Waals surface area contributed by atoms with Crippen LogP contribution in [0.2, 0.25) is 5.28 Å². The Morgan fingerprint density at radius 3 is 2.62 bits per heavy atom. The third kappa shape index (κ3) is 3.52. The first-order valence-corrected chi connectivity index (χ1v) is 5.89. The van der Waals surface area contributed by atoms with Gasteiger partial charge in [-0.05, 0) is 29.8 Å². The molecule has 2 aromatic rings. The van der Waals surface area contributed by atoms with E-state index in [2.05, 4.69) is 20.0 Å². The summed E-state index contributed by atoms with van der Waals surface area (Å²) in [6.07, 6.45) is -3.79. The number of alkyl halides is 3. The highest BCUT2D eigenvalue weighted by atomic mass is 35.5. The number of anilines is 2. The number of aromatic nitrogens is 2. The monoisotopic (exact) mass is 321 g/mol. The Bertz CT molecular complexity index is 663. The molecule has 1 aromatic heterocycles. The fourth-order valence-corrected chi connectivity index (χ4v) is 1.71. The third-order valence-corrected chi connectivity index (χ3v) is 2.66. The van der Waals surface area contributed by atoms with Crippen molar-refractivity contribution in [2.24, 2.45) is 0 Å². The van der Waals surface area contributed by atoms with Gasteiger partial charge in [0.15, 0.2) is 11.6 Å². The molecule has 2 rings (SSSR count). The lowest BCUT2D eigenvalue weighted by Crippen LogP contribution is -2.08. The van der Waals surface area contributed by atoms with Gasteiger partial charge in [0.25, 0.3) is 0 Å². The molecule has 0 saturated carbocycles. The molecule has 0 aliphatic heterocycles. The number of methoxy groups -OCH3 is 1. The first-order chi connectivity index (χ1) is 9.81. The summed E-state index contributed by atoms with van der Waals surface area (Å²) in [7, 11) is 1.13. The minimum atomic E-state index is -4.61. The molecule has 112 valence electrons. The fraction of sp³-hybridized carbons (Fsp3) is 0.167. The molecule has 0 spiro atoms. The number of nitrogens with zero attached hydrogens (tertiary/aromatic N) is 2. The van der Waals surface area contributed by atoms with E-state index in [4.69, 9.17) is 11.6 Å². The SMILES string of the molecule is COc1ccc(Nc2nc(Cl)ncc2F)cc1C(F)(F)F. The molecular weight excluding hydrogens is 314 g/mol. The Morgan fingerprint density at radius 1 is 1.29 bits per heavy atom. The second-order valence-electron chi connectivity index (χ2n) is 3.87. The van der Waals surface area contributed by atoms with E-state index in [1.165, 1.54) is 6.07 Å². The van der Waals surface area contributed by atoms with Crippen molar-refractivity contribution in [2.45, 2.75) is 6.18 Å². The topological polar surface area (TPSA) is 47.0 Å². The molecule has 0 aliphatic carbocycles. The smallest absolute Gasteiger partial charge is 0.420 e. The highest BCUT2D eigenvalue weighted by Gasteiger charge is 2.34. The second-order valence-corrected chi connectivity index (χ2v) is 4.21. The van der Waals surface area contributed by atoms with E-state index < -0.39 is 17.6 Å².